The molecule has 2 aromatic rings. The summed E-state index contributed by atoms with van der Waals surface area (Å²) >= 11 is 0. The smallest absolute Gasteiger partial charge is 0.255 e. The zero-order chi connectivity index (χ0) is 23.4. The van der Waals surface area contributed by atoms with E-state index in [9.17, 15) is 9.59 Å². The minimum Gasteiger partial charge on any atom is -0.496 e. The topological polar surface area (TPSA) is 61.9 Å². The Morgan fingerprint density at radius 1 is 1.06 bits per heavy atom. The molecule has 0 aromatic heterocycles. The van der Waals surface area contributed by atoms with Crippen molar-refractivity contribution >= 4 is 11.8 Å². The molecule has 4 rings (SSSR count). The zero-order valence-electron chi connectivity index (χ0n) is 19.9. The van der Waals surface area contributed by atoms with Crippen LogP contribution < -0.4 is 10.1 Å². The molecule has 6 nitrogen and oxygen atoms in total. The van der Waals surface area contributed by atoms with Crippen LogP contribution in [0.2, 0.25) is 0 Å². The number of carbonyl (C=O) groups excluding carboxylic acids is 2. The van der Waals surface area contributed by atoms with E-state index in [1.165, 1.54) is 19.3 Å². The van der Waals surface area contributed by atoms with Gasteiger partial charge in [-0.25, -0.2) is 0 Å². The Hall–Kier alpha value is -2.86. The molecule has 2 heterocycles. The van der Waals surface area contributed by atoms with Crippen molar-refractivity contribution in [1.82, 2.24) is 15.1 Å². The number of methoxy groups -OCH3 is 1. The molecule has 0 bridgehead atoms. The fraction of sp³-hybridized carbons (Fsp3) is 0.481. The van der Waals surface area contributed by atoms with Gasteiger partial charge in [0.2, 0.25) is 5.91 Å². The first-order chi connectivity index (χ1) is 16.0. The van der Waals surface area contributed by atoms with Gasteiger partial charge in [0, 0.05) is 36.3 Å². The number of para-hydroxylation sites is 1. The van der Waals surface area contributed by atoms with Gasteiger partial charge >= 0.3 is 0 Å². The summed E-state index contributed by atoms with van der Waals surface area (Å²) in [5.74, 6) is 0.473. The number of nitrogens with zero attached hydrogens (tertiary/aromatic N) is 2. The number of nitrogens with one attached hydrogen (secondary N) is 1. The minimum absolute atomic E-state index is 0.118. The number of hydrogen-bond acceptors (Lipinski definition) is 4. The molecule has 2 aliphatic heterocycles. The van der Waals surface area contributed by atoms with E-state index in [1.54, 1.807) is 18.1 Å². The largest absolute Gasteiger partial charge is 0.496 e. The number of amides is 2. The maximum Gasteiger partial charge on any atom is 0.255 e. The maximum absolute atomic E-state index is 13.3. The summed E-state index contributed by atoms with van der Waals surface area (Å²) in [4.78, 5) is 30.8. The highest BCUT2D eigenvalue weighted by Gasteiger charge is 2.41. The Bertz CT molecular complexity index is 982. The summed E-state index contributed by atoms with van der Waals surface area (Å²) in [5, 5.41) is 3.11. The molecule has 0 saturated carbocycles. The lowest BCUT2D eigenvalue weighted by atomic mass is 9.97. The fourth-order valence-electron chi connectivity index (χ4n) is 5.32. The van der Waals surface area contributed by atoms with Crippen molar-refractivity contribution in [3.63, 3.8) is 0 Å². The predicted molar refractivity (Wildman–Crippen MR) is 129 cm³/mol. The van der Waals surface area contributed by atoms with Crippen LogP contribution in [0.15, 0.2) is 48.5 Å². The van der Waals surface area contributed by atoms with Gasteiger partial charge in [-0.3, -0.25) is 14.5 Å². The fourth-order valence-corrected chi connectivity index (χ4v) is 5.32. The minimum atomic E-state index is -0.633. The van der Waals surface area contributed by atoms with E-state index in [0.29, 0.717) is 36.5 Å². The van der Waals surface area contributed by atoms with Crippen molar-refractivity contribution in [3.05, 3.63) is 65.2 Å². The van der Waals surface area contributed by atoms with Gasteiger partial charge in [0.25, 0.3) is 5.91 Å². The second-order valence-electron chi connectivity index (χ2n) is 9.25. The summed E-state index contributed by atoms with van der Waals surface area (Å²) in [7, 11) is 1.62. The van der Waals surface area contributed by atoms with E-state index in [2.05, 4.69) is 24.1 Å². The van der Waals surface area contributed by atoms with Crippen molar-refractivity contribution in [2.24, 2.45) is 0 Å². The average molecular weight is 450 g/mol. The third-order valence-electron chi connectivity index (χ3n) is 7.11. The van der Waals surface area contributed by atoms with Crippen LogP contribution in [0, 0.1) is 0 Å². The number of hydrogen-bond donors (Lipinski definition) is 1. The number of benzene rings is 2. The van der Waals surface area contributed by atoms with Crippen LogP contribution in [-0.4, -0.2) is 53.9 Å². The Balaban J connectivity index is 1.45. The molecular formula is C27H35N3O3. The first-order valence-corrected chi connectivity index (χ1v) is 12.1. The van der Waals surface area contributed by atoms with Crippen molar-refractivity contribution in [3.8, 4) is 5.75 Å². The number of carbonyl (C=O) groups is 2. The summed E-state index contributed by atoms with van der Waals surface area (Å²) < 4.78 is 5.47. The van der Waals surface area contributed by atoms with Gasteiger partial charge in [-0.15, -0.1) is 0 Å². The van der Waals surface area contributed by atoms with E-state index in [-0.39, 0.29) is 11.8 Å². The van der Waals surface area contributed by atoms with Gasteiger partial charge < -0.3 is 15.0 Å². The van der Waals surface area contributed by atoms with E-state index in [4.69, 9.17) is 4.74 Å². The molecule has 6 heteroatoms. The maximum atomic E-state index is 13.3. The molecule has 1 saturated heterocycles. The number of fused-ring (bicyclic) bond motifs is 1. The molecule has 2 aliphatic rings. The average Bonchev–Trinajstić information content (AvgIpc) is 3.10. The van der Waals surface area contributed by atoms with Gasteiger partial charge in [-0.05, 0) is 50.8 Å². The number of rotatable bonds is 8. The molecule has 2 amide bonds. The van der Waals surface area contributed by atoms with Crippen LogP contribution in [0.3, 0.4) is 0 Å². The molecule has 1 fully saturated rings. The van der Waals surface area contributed by atoms with Gasteiger partial charge in [-0.1, -0.05) is 42.8 Å². The Kier molecular flexibility index (Phi) is 7.33. The molecule has 2 aromatic carbocycles. The highest BCUT2D eigenvalue weighted by molar-refractivity contribution is 6.04. The van der Waals surface area contributed by atoms with Crippen molar-refractivity contribution in [1.29, 1.82) is 0 Å². The molecule has 176 valence electrons. The standard InChI is InChI=1S/C27H35N3O3/c1-19-10-8-11-20(2)29(19)17-9-16-28-26(31)25-22-13-5-6-14-23(22)27(32)30(25)18-21-12-4-7-15-24(21)33-3/h4-7,12-15,19-20,25H,8-11,16-18H2,1-3H3,(H,28,31). The Labute approximate surface area is 196 Å². The highest BCUT2D eigenvalue weighted by atomic mass is 16.5. The monoisotopic (exact) mass is 449 g/mol. The third-order valence-corrected chi connectivity index (χ3v) is 7.11. The second kappa shape index (κ2) is 10.4. The van der Waals surface area contributed by atoms with Crippen molar-refractivity contribution in [2.45, 2.75) is 64.2 Å². The molecule has 0 radical (unpaired) electrons. The van der Waals surface area contributed by atoms with Crippen molar-refractivity contribution < 1.29 is 14.3 Å². The third kappa shape index (κ3) is 4.91. The molecule has 1 N–H and O–H groups in total. The number of ether oxygens (including phenoxy) is 1. The van der Waals surface area contributed by atoms with Crippen molar-refractivity contribution in [2.75, 3.05) is 20.2 Å². The summed E-state index contributed by atoms with van der Waals surface area (Å²) in [6, 6.07) is 15.6. The SMILES string of the molecule is COc1ccccc1CN1C(=O)c2ccccc2C1C(=O)NCCCN1C(C)CCCC1C. The lowest BCUT2D eigenvalue weighted by Crippen LogP contribution is -2.45. The van der Waals surface area contributed by atoms with Crippen LogP contribution in [0.5, 0.6) is 5.75 Å². The van der Waals surface area contributed by atoms with E-state index in [1.807, 2.05) is 42.5 Å². The van der Waals surface area contributed by atoms with Crippen LogP contribution in [0.4, 0.5) is 0 Å². The predicted octanol–water partition coefficient (Wildman–Crippen LogP) is 4.16. The van der Waals surface area contributed by atoms with Crippen LogP contribution in [-0.2, 0) is 11.3 Å². The summed E-state index contributed by atoms with van der Waals surface area (Å²) in [6.07, 6.45) is 4.69. The molecule has 33 heavy (non-hydrogen) atoms. The van der Waals surface area contributed by atoms with Crippen LogP contribution in [0.1, 0.15) is 67.1 Å². The van der Waals surface area contributed by atoms with E-state index in [0.717, 1.165) is 24.1 Å². The van der Waals surface area contributed by atoms with Gasteiger partial charge in [0.05, 0.1) is 13.7 Å². The molecule has 3 unspecified atom stereocenters. The van der Waals surface area contributed by atoms with Crippen LogP contribution >= 0.6 is 0 Å². The van der Waals surface area contributed by atoms with Gasteiger partial charge in [0.1, 0.15) is 11.8 Å². The highest BCUT2D eigenvalue weighted by Crippen LogP contribution is 2.36. The molecule has 0 spiro atoms. The van der Waals surface area contributed by atoms with Gasteiger partial charge in [0.15, 0.2) is 0 Å². The van der Waals surface area contributed by atoms with E-state index < -0.39 is 6.04 Å². The summed E-state index contributed by atoms with van der Waals surface area (Å²) in [5.41, 5.74) is 2.25. The zero-order valence-corrected chi connectivity index (χ0v) is 19.9. The lowest BCUT2D eigenvalue weighted by Gasteiger charge is -2.39. The summed E-state index contributed by atoms with van der Waals surface area (Å²) in [6.45, 7) is 6.49. The van der Waals surface area contributed by atoms with Gasteiger partial charge in [-0.2, -0.15) is 0 Å². The molecular weight excluding hydrogens is 414 g/mol. The quantitative estimate of drug-likeness (QED) is 0.615. The Morgan fingerprint density at radius 2 is 1.76 bits per heavy atom. The molecule has 3 atom stereocenters. The van der Waals surface area contributed by atoms with E-state index >= 15 is 0 Å². The Morgan fingerprint density at radius 3 is 2.52 bits per heavy atom. The first kappa shape index (κ1) is 23.3. The normalized spacial score (nSPS) is 22.8. The second-order valence-corrected chi connectivity index (χ2v) is 9.25. The lowest BCUT2D eigenvalue weighted by molar-refractivity contribution is -0.125. The number of piperidine rings is 1. The van der Waals surface area contributed by atoms with Crippen LogP contribution in [0.25, 0.3) is 0 Å². The first-order valence-electron chi connectivity index (χ1n) is 12.1. The molecule has 0 aliphatic carbocycles. The number of likely N-dealkylation sites (tertiary alicyclic amines) is 1.